The molecule has 1 N–H and O–H groups in total. The van der Waals surface area contributed by atoms with Gasteiger partial charge in [0.15, 0.2) is 5.78 Å². The van der Waals surface area contributed by atoms with Crippen molar-refractivity contribution in [2.24, 2.45) is 19.5 Å². The van der Waals surface area contributed by atoms with E-state index >= 15 is 0 Å². The van der Waals surface area contributed by atoms with Crippen LogP contribution in [0.15, 0.2) is 45.1 Å². The molecule has 1 atom stereocenters. The van der Waals surface area contributed by atoms with Crippen LogP contribution in [0.3, 0.4) is 0 Å². The summed E-state index contributed by atoms with van der Waals surface area (Å²) in [6.45, 7) is 10.2. The van der Waals surface area contributed by atoms with Crippen molar-refractivity contribution in [2.75, 3.05) is 23.3 Å². The Balaban J connectivity index is 1.97. The summed E-state index contributed by atoms with van der Waals surface area (Å²) in [7, 11) is 3.15. The number of ketones is 1. The number of nitrogens with zero attached hydrogens (tertiary/aromatic N) is 3. The molecule has 4 rings (SSSR count). The molecule has 1 aromatic heterocycles. The highest BCUT2D eigenvalue weighted by Gasteiger charge is 2.42. The Kier molecular flexibility index (Phi) is 5.39. The summed E-state index contributed by atoms with van der Waals surface area (Å²) in [5.41, 5.74) is 2.99. The van der Waals surface area contributed by atoms with Crippen molar-refractivity contribution in [3.05, 3.63) is 67.5 Å². The number of nitrogens with one attached hydrogen (secondary N) is 1. The lowest BCUT2D eigenvalue weighted by atomic mass is 9.69. The van der Waals surface area contributed by atoms with Crippen LogP contribution < -0.4 is 21.5 Å². The molecule has 0 spiro atoms. The Hall–Kier alpha value is -3.09. The zero-order chi connectivity index (χ0) is 23.4. The molecule has 7 heteroatoms. The fraction of sp³-hybridized carbons (Fsp3) is 0.480. The first-order valence-electron chi connectivity index (χ1n) is 11.3. The molecule has 0 saturated heterocycles. The summed E-state index contributed by atoms with van der Waals surface area (Å²) in [5, 5.41) is 3.31. The number of carbonyl (C=O) groups is 1. The maximum Gasteiger partial charge on any atom is 0.332 e. The number of hydrogen-bond acceptors (Lipinski definition) is 5. The van der Waals surface area contributed by atoms with E-state index in [-0.39, 0.29) is 22.4 Å². The van der Waals surface area contributed by atoms with Gasteiger partial charge in [0.2, 0.25) is 0 Å². The Morgan fingerprint density at radius 1 is 1.00 bits per heavy atom. The number of fused-ring (bicyclic) bond motifs is 1. The van der Waals surface area contributed by atoms with Gasteiger partial charge < -0.3 is 10.2 Å². The molecule has 0 unspecified atom stereocenters. The molecule has 0 saturated carbocycles. The van der Waals surface area contributed by atoms with E-state index in [4.69, 9.17) is 0 Å². The number of allylic oxidation sites excluding steroid dienone is 2. The van der Waals surface area contributed by atoms with Gasteiger partial charge in [0.05, 0.1) is 5.56 Å². The van der Waals surface area contributed by atoms with Gasteiger partial charge in [-0.25, -0.2) is 4.79 Å². The van der Waals surface area contributed by atoms with E-state index in [2.05, 4.69) is 37.9 Å². The lowest BCUT2D eigenvalue weighted by Gasteiger charge is -2.39. The summed E-state index contributed by atoms with van der Waals surface area (Å²) in [6.07, 6.45) is 1.12. The minimum absolute atomic E-state index is 0.0584. The first-order chi connectivity index (χ1) is 15.1. The van der Waals surface area contributed by atoms with E-state index in [9.17, 15) is 14.4 Å². The number of carbonyl (C=O) groups excluding carboxylic acids is 1. The summed E-state index contributed by atoms with van der Waals surface area (Å²) in [5.74, 6) is 0.0457. The van der Waals surface area contributed by atoms with E-state index in [0.29, 0.717) is 29.8 Å². The van der Waals surface area contributed by atoms with Crippen LogP contribution in [0.4, 0.5) is 11.5 Å². The number of benzene rings is 1. The Bertz CT molecular complexity index is 1230. The molecule has 2 aliphatic rings. The van der Waals surface area contributed by atoms with Gasteiger partial charge in [-0.15, -0.1) is 0 Å². The Morgan fingerprint density at radius 2 is 1.62 bits per heavy atom. The molecule has 2 heterocycles. The molecule has 0 radical (unpaired) electrons. The van der Waals surface area contributed by atoms with Crippen LogP contribution in [0, 0.1) is 5.41 Å². The third-order valence-electron chi connectivity index (χ3n) is 6.82. The van der Waals surface area contributed by atoms with Crippen LogP contribution in [0.1, 0.15) is 57.6 Å². The van der Waals surface area contributed by atoms with Crippen molar-refractivity contribution in [2.45, 2.75) is 46.5 Å². The van der Waals surface area contributed by atoms with Crippen molar-refractivity contribution in [3.63, 3.8) is 0 Å². The zero-order valence-electron chi connectivity index (χ0n) is 19.8. The maximum atomic E-state index is 13.4. The summed E-state index contributed by atoms with van der Waals surface area (Å²) >= 11 is 0. The highest BCUT2D eigenvalue weighted by Crippen LogP contribution is 2.47. The standard InChI is InChI=1S/C25H32N4O3/c1-7-29(8-2)16-11-9-15(10-12-16)19-20-17(13-25(3,4)14-18(20)30)26-22-21(19)23(31)28(6)24(32)27(22)5/h9-12,19,26H,7-8,13-14H2,1-6H3/t19-/m1/s1. The molecule has 1 aromatic carbocycles. The van der Waals surface area contributed by atoms with Crippen molar-refractivity contribution >= 4 is 17.3 Å². The van der Waals surface area contributed by atoms with Gasteiger partial charge in [-0.3, -0.25) is 18.7 Å². The van der Waals surface area contributed by atoms with Gasteiger partial charge in [0.25, 0.3) is 5.56 Å². The minimum atomic E-state index is -0.499. The zero-order valence-corrected chi connectivity index (χ0v) is 19.8. The van der Waals surface area contributed by atoms with Crippen LogP contribution in [-0.2, 0) is 18.9 Å². The third kappa shape index (κ3) is 3.40. The second-order valence-corrected chi connectivity index (χ2v) is 9.62. The van der Waals surface area contributed by atoms with Crippen LogP contribution in [0.2, 0.25) is 0 Å². The first kappa shape index (κ1) is 22.1. The van der Waals surface area contributed by atoms with Gasteiger partial charge in [-0.2, -0.15) is 0 Å². The molecule has 0 amide bonds. The van der Waals surface area contributed by atoms with E-state index < -0.39 is 5.92 Å². The van der Waals surface area contributed by atoms with Crippen molar-refractivity contribution in [1.82, 2.24) is 9.13 Å². The van der Waals surface area contributed by atoms with Gasteiger partial charge in [0.1, 0.15) is 5.82 Å². The molecule has 1 aliphatic carbocycles. The summed E-state index contributed by atoms with van der Waals surface area (Å²) in [4.78, 5) is 41.6. The lowest BCUT2D eigenvalue weighted by Crippen LogP contribution is -2.45. The SMILES string of the molecule is CCN(CC)c1ccc([C@@H]2C3=C(CC(C)(C)CC3=O)Nc3c2c(=O)n(C)c(=O)n3C)cc1. The maximum absolute atomic E-state index is 13.4. The molecular weight excluding hydrogens is 404 g/mol. The van der Waals surface area contributed by atoms with Crippen LogP contribution in [0.5, 0.6) is 0 Å². The molecule has 7 nitrogen and oxygen atoms in total. The largest absolute Gasteiger partial charge is 0.372 e. The second kappa shape index (κ2) is 7.80. The van der Waals surface area contributed by atoms with Gasteiger partial charge in [0, 0.05) is 56.5 Å². The average Bonchev–Trinajstić information content (AvgIpc) is 2.75. The summed E-state index contributed by atoms with van der Waals surface area (Å²) in [6, 6.07) is 8.12. The van der Waals surface area contributed by atoms with Gasteiger partial charge in [-0.05, 0) is 43.4 Å². The Morgan fingerprint density at radius 3 is 2.22 bits per heavy atom. The van der Waals surface area contributed by atoms with Gasteiger partial charge >= 0.3 is 5.69 Å². The number of anilines is 2. The monoisotopic (exact) mass is 436 g/mol. The molecule has 170 valence electrons. The molecule has 1 aliphatic heterocycles. The second-order valence-electron chi connectivity index (χ2n) is 9.62. The summed E-state index contributed by atoms with van der Waals surface area (Å²) < 4.78 is 2.60. The number of aromatic nitrogens is 2. The fourth-order valence-electron chi connectivity index (χ4n) is 5.15. The molecule has 2 aromatic rings. The van der Waals surface area contributed by atoms with Crippen LogP contribution >= 0.6 is 0 Å². The highest BCUT2D eigenvalue weighted by molar-refractivity contribution is 6.01. The van der Waals surface area contributed by atoms with Crippen molar-refractivity contribution in [3.8, 4) is 0 Å². The smallest absolute Gasteiger partial charge is 0.332 e. The number of Topliss-reactive ketones (excluding diaryl/α,β-unsaturated/α-hetero) is 1. The molecule has 0 bridgehead atoms. The van der Waals surface area contributed by atoms with E-state index in [0.717, 1.165) is 34.6 Å². The molecule has 32 heavy (non-hydrogen) atoms. The average molecular weight is 437 g/mol. The normalized spacial score (nSPS) is 19.3. The Labute approximate surface area is 188 Å². The lowest BCUT2D eigenvalue weighted by molar-refractivity contribution is -0.118. The first-order valence-corrected chi connectivity index (χ1v) is 11.3. The number of hydrogen-bond donors (Lipinski definition) is 1. The third-order valence-corrected chi connectivity index (χ3v) is 6.82. The van der Waals surface area contributed by atoms with E-state index in [1.807, 2.05) is 24.3 Å². The van der Waals surface area contributed by atoms with E-state index in [1.165, 1.54) is 11.6 Å². The quantitative estimate of drug-likeness (QED) is 0.797. The molecule has 0 fully saturated rings. The van der Waals surface area contributed by atoms with Crippen LogP contribution in [-0.4, -0.2) is 28.0 Å². The highest BCUT2D eigenvalue weighted by atomic mass is 16.2. The van der Waals surface area contributed by atoms with Gasteiger partial charge in [-0.1, -0.05) is 26.0 Å². The van der Waals surface area contributed by atoms with Crippen molar-refractivity contribution < 1.29 is 4.79 Å². The minimum Gasteiger partial charge on any atom is -0.372 e. The van der Waals surface area contributed by atoms with Crippen LogP contribution in [0.25, 0.3) is 0 Å². The van der Waals surface area contributed by atoms with E-state index in [1.54, 1.807) is 7.05 Å². The van der Waals surface area contributed by atoms with Crippen molar-refractivity contribution in [1.29, 1.82) is 0 Å². The predicted molar refractivity (Wildman–Crippen MR) is 127 cm³/mol. The topological polar surface area (TPSA) is 76.3 Å². The number of rotatable bonds is 4. The predicted octanol–water partition coefficient (Wildman–Crippen LogP) is 3.13. The fourth-order valence-corrected chi connectivity index (χ4v) is 5.15. The molecular formula is C25H32N4O3.